The van der Waals surface area contributed by atoms with Crippen molar-refractivity contribution in [2.45, 2.75) is 24.8 Å². The lowest BCUT2D eigenvalue weighted by atomic mass is 9.75. The SMILES string of the molecule is NC1CCC1c1ccc(F)c(F)c1F. The minimum absolute atomic E-state index is 0.130. The molecule has 0 saturated heterocycles. The van der Waals surface area contributed by atoms with Crippen LogP contribution in [-0.4, -0.2) is 6.04 Å². The fraction of sp³-hybridized carbons (Fsp3) is 0.400. The molecule has 4 heteroatoms. The van der Waals surface area contributed by atoms with Gasteiger partial charge in [0, 0.05) is 12.0 Å². The number of rotatable bonds is 1. The molecule has 2 N–H and O–H groups in total. The van der Waals surface area contributed by atoms with Crippen molar-refractivity contribution in [3.05, 3.63) is 35.1 Å². The third kappa shape index (κ3) is 1.30. The summed E-state index contributed by atoms with van der Waals surface area (Å²) in [5.41, 5.74) is 5.83. The maximum atomic E-state index is 13.2. The molecule has 2 atom stereocenters. The quantitative estimate of drug-likeness (QED) is 0.693. The van der Waals surface area contributed by atoms with E-state index in [1.165, 1.54) is 6.07 Å². The zero-order chi connectivity index (χ0) is 10.3. The molecule has 0 spiro atoms. The van der Waals surface area contributed by atoms with Crippen molar-refractivity contribution < 1.29 is 13.2 Å². The van der Waals surface area contributed by atoms with Crippen LogP contribution in [0.3, 0.4) is 0 Å². The Morgan fingerprint density at radius 1 is 1.07 bits per heavy atom. The first-order valence-corrected chi connectivity index (χ1v) is 4.50. The van der Waals surface area contributed by atoms with Crippen LogP contribution in [0, 0.1) is 17.5 Å². The summed E-state index contributed by atoms with van der Waals surface area (Å²) in [6, 6.07) is 2.09. The molecule has 0 heterocycles. The first-order valence-electron chi connectivity index (χ1n) is 4.50. The highest BCUT2D eigenvalue weighted by Gasteiger charge is 2.32. The lowest BCUT2D eigenvalue weighted by Crippen LogP contribution is -2.38. The number of halogens is 3. The van der Waals surface area contributed by atoms with Gasteiger partial charge in [-0.2, -0.15) is 0 Å². The Bertz CT molecular complexity index is 365. The van der Waals surface area contributed by atoms with Gasteiger partial charge in [-0.15, -0.1) is 0 Å². The highest BCUT2D eigenvalue weighted by atomic mass is 19.2. The Morgan fingerprint density at radius 3 is 2.29 bits per heavy atom. The summed E-state index contributed by atoms with van der Waals surface area (Å²) in [5.74, 6) is -3.81. The molecule has 0 bridgehead atoms. The lowest BCUT2D eigenvalue weighted by Gasteiger charge is -2.34. The van der Waals surface area contributed by atoms with Gasteiger partial charge in [0.15, 0.2) is 17.5 Å². The van der Waals surface area contributed by atoms with Crippen LogP contribution in [0.1, 0.15) is 24.3 Å². The molecule has 2 rings (SSSR count). The van der Waals surface area contributed by atoms with Gasteiger partial charge in [0.25, 0.3) is 0 Å². The molecule has 2 unspecified atom stereocenters. The van der Waals surface area contributed by atoms with Crippen LogP contribution in [-0.2, 0) is 0 Å². The Hall–Kier alpha value is -1.03. The number of benzene rings is 1. The maximum Gasteiger partial charge on any atom is 0.194 e. The molecule has 76 valence electrons. The number of hydrogen-bond acceptors (Lipinski definition) is 1. The van der Waals surface area contributed by atoms with E-state index in [9.17, 15) is 13.2 Å². The largest absolute Gasteiger partial charge is 0.327 e. The van der Waals surface area contributed by atoms with Crippen molar-refractivity contribution in [3.63, 3.8) is 0 Å². The third-order valence-corrected chi connectivity index (χ3v) is 2.79. The van der Waals surface area contributed by atoms with Gasteiger partial charge in [-0.25, -0.2) is 13.2 Å². The average Bonchev–Trinajstić information content (AvgIpc) is 2.16. The van der Waals surface area contributed by atoms with E-state index in [0.29, 0.717) is 0 Å². The molecule has 1 aliphatic rings. The summed E-state index contributed by atoms with van der Waals surface area (Å²) in [5, 5.41) is 0. The van der Waals surface area contributed by atoms with Gasteiger partial charge in [-0.3, -0.25) is 0 Å². The summed E-state index contributed by atoms with van der Waals surface area (Å²) in [6.45, 7) is 0. The van der Waals surface area contributed by atoms with Crippen LogP contribution in [0.4, 0.5) is 13.2 Å². The van der Waals surface area contributed by atoms with E-state index in [-0.39, 0.29) is 17.5 Å². The highest BCUT2D eigenvalue weighted by molar-refractivity contribution is 5.27. The lowest BCUT2D eigenvalue weighted by molar-refractivity contribution is 0.329. The van der Waals surface area contributed by atoms with Crippen molar-refractivity contribution in [2.24, 2.45) is 5.73 Å². The van der Waals surface area contributed by atoms with Crippen LogP contribution in [0.15, 0.2) is 12.1 Å². The first kappa shape index (κ1) is 9.52. The van der Waals surface area contributed by atoms with E-state index in [1.54, 1.807) is 0 Å². The van der Waals surface area contributed by atoms with Crippen molar-refractivity contribution in [3.8, 4) is 0 Å². The summed E-state index contributed by atoms with van der Waals surface area (Å²) in [4.78, 5) is 0. The van der Waals surface area contributed by atoms with Gasteiger partial charge in [0.2, 0.25) is 0 Å². The van der Waals surface area contributed by atoms with Crippen molar-refractivity contribution >= 4 is 0 Å². The number of nitrogens with two attached hydrogens (primary N) is 1. The Morgan fingerprint density at radius 2 is 1.79 bits per heavy atom. The summed E-state index contributed by atoms with van der Waals surface area (Å²) in [6.07, 6.45) is 1.55. The summed E-state index contributed by atoms with van der Waals surface area (Å²) in [7, 11) is 0. The van der Waals surface area contributed by atoms with E-state index in [2.05, 4.69) is 0 Å². The van der Waals surface area contributed by atoms with Gasteiger partial charge in [-0.05, 0) is 24.5 Å². The molecule has 0 aromatic heterocycles. The van der Waals surface area contributed by atoms with E-state index in [1.807, 2.05) is 0 Å². The fourth-order valence-electron chi connectivity index (χ4n) is 1.74. The third-order valence-electron chi connectivity index (χ3n) is 2.79. The van der Waals surface area contributed by atoms with E-state index < -0.39 is 17.5 Å². The second kappa shape index (κ2) is 3.28. The van der Waals surface area contributed by atoms with Crippen LogP contribution in [0.25, 0.3) is 0 Å². The molecular weight excluding hydrogens is 191 g/mol. The molecule has 0 aliphatic heterocycles. The molecule has 1 saturated carbocycles. The van der Waals surface area contributed by atoms with E-state index >= 15 is 0 Å². The fourth-order valence-corrected chi connectivity index (χ4v) is 1.74. The minimum Gasteiger partial charge on any atom is -0.327 e. The molecule has 0 radical (unpaired) electrons. The molecule has 1 aromatic rings. The van der Waals surface area contributed by atoms with Crippen molar-refractivity contribution in [1.82, 2.24) is 0 Å². The second-order valence-corrected chi connectivity index (χ2v) is 3.61. The Labute approximate surface area is 79.7 Å². The molecule has 1 fully saturated rings. The zero-order valence-corrected chi connectivity index (χ0v) is 7.43. The smallest absolute Gasteiger partial charge is 0.194 e. The Balaban J connectivity index is 2.39. The molecule has 1 aliphatic carbocycles. The normalized spacial score (nSPS) is 26.0. The van der Waals surface area contributed by atoms with Gasteiger partial charge in [0.05, 0.1) is 0 Å². The van der Waals surface area contributed by atoms with Crippen LogP contribution in [0.2, 0.25) is 0 Å². The van der Waals surface area contributed by atoms with E-state index in [4.69, 9.17) is 5.73 Å². The Kier molecular flexibility index (Phi) is 2.23. The second-order valence-electron chi connectivity index (χ2n) is 3.61. The maximum absolute atomic E-state index is 13.2. The van der Waals surface area contributed by atoms with E-state index in [0.717, 1.165) is 18.9 Å². The zero-order valence-electron chi connectivity index (χ0n) is 7.43. The molecule has 14 heavy (non-hydrogen) atoms. The van der Waals surface area contributed by atoms with Crippen molar-refractivity contribution in [2.75, 3.05) is 0 Å². The van der Waals surface area contributed by atoms with Crippen LogP contribution in [0.5, 0.6) is 0 Å². The number of hydrogen-bond donors (Lipinski definition) is 1. The van der Waals surface area contributed by atoms with Gasteiger partial charge >= 0.3 is 0 Å². The summed E-state index contributed by atoms with van der Waals surface area (Å²) >= 11 is 0. The molecule has 1 aromatic carbocycles. The highest BCUT2D eigenvalue weighted by Crippen LogP contribution is 2.37. The van der Waals surface area contributed by atoms with Crippen molar-refractivity contribution in [1.29, 1.82) is 0 Å². The topological polar surface area (TPSA) is 26.0 Å². The minimum atomic E-state index is -1.40. The van der Waals surface area contributed by atoms with Gasteiger partial charge < -0.3 is 5.73 Å². The molecular formula is C10H10F3N. The standard InChI is InChI=1S/C10H10F3N/c11-7-3-1-6(9(12)10(7)13)5-2-4-8(5)14/h1,3,5,8H,2,4,14H2. The predicted molar refractivity (Wildman–Crippen MR) is 46.3 cm³/mol. The van der Waals surface area contributed by atoms with Gasteiger partial charge in [-0.1, -0.05) is 6.07 Å². The van der Waals surface area contributed by atoms with Crippen LogP contribution < -0.4 is 5.73 Å². The monoisotopic (exact) mass is 201 g/mol. The first-order chi connectivity index (χ1) is 6.61. The van der Waals surface area contributed by atoms with Gasteiger partial charge in [0.1, 0.15) is 0 Å². The predicted octanol–water partition coefficient (Wildman–Crippen LogP) is 2.31. The molecule has 1 nitrogen and oxygen atoms in total. The van der Waals surface area contributed by atoms with Crippen LogP contribution >= 0.6 is 0 Å². The average molecular weight is 201 g/mol. The molecule has 0 amide bonds. The summed E-state index contributed by atoms with van der Waals surface area (Å²) < 4.78 is 38.7.